The van der Waals surface area contributed by atoms with Gasteiger partial charge in [0.2, 0.25) is 5.91 Å². The molecule has 148 valence electrons. The molecule has 1 fully saturated rings. The molecule has 1 amide bonds. The highest BCUT2D eigenvalue weighted by molar-refractivity contribution is 5.97. The molecule has 0 saturated carbocycles. The summed E-state index contributed by atoms with van der Waals surface area (Å²) in [6.07, 6.45) is 1.05. The third-order valence-corrected chi connectivity index (χ3v) is 5.16. The molecule has 0 unspecified atom stereocenters. The van der Waals surface area contributed by atoms with Gasteiger partial charge >= 0.3 is 0 Å². The van der Waals surface area contributed by atoms with Crippen molar-refractivity contribution in [2.45, 2.75) is 38.3 Å². The molecule has 3 atom stereocenters. The molecule has 5 heteroatoms. The number of hydrogen-bond donors (Lipinski definition) is 1. The Morgan fingerprint density at radius 1 is 1.07 bits per heavy atom. The van der Waals surface area contributed by atoms with Gasteiger partial charge in [0.05, 0.1) is 19.8 Å². The highest BCUT2D eigenvalue weighted by Gasteiger charge is 2.50. The Balaban J connectivity index is 1.66. The molecule has 1 heterocycles. The summed E-state index contributed by atoms with van der Waals surface area (Å²) >= 11 is 0. The van der Waals surface area contributed by atoms with Crippen LogP contribution in [0.25, 0.3) is 0 Å². The molecule has 0 radical (unpaired) electrons. The van der Waals surface area contributed by atoms with Crippen molar-refractivity contribution in [3.8, 4) is 5.75 Å². The maximum absolute atomic E-state index is 12.9. The van der Waals surface area contributed by atoms with Crippen LogP contribution < -0.4 is 10.1 Å². The molecule has 0 aromatic heterocycles. The fourth-order valence-electron chi connectivity index (χ4n) is 3.20. The second-order valence-electron chi connectivity index (χ2n) is 7.59. The van der Waals surface area contributed by atoms with Crippen molar-refractivity contribution in [1.29, 1.82) is 0 Å². The van der Waals surface area contributed by atoms with Crippen molar-refractivity contribution in [3.63, 3.8) is 0 Å². The molecule has 0 bridgehead atoms. The third-order valence-electron chi connectivity index (χ3n) is 5.16. The van der Waals surface area contributed by atoms with E-state index < -0.39 is 11.6 Å². The van der Waals surface area contributed by atoms with Gasteiger partial charge in [-0.1, -0.05) is 49.4 Å². The van der Waals surface area contributed by atoms with Crippen molar-refractivity contribution < 1.29 is 19.1 Å². The minimum Gasteiger partial charge on any atom is -0.497 e. The van der Waals surface area contributed by atoms with Gasteiger partial charge in [-0.15, -0.1) is 0 Å². The number of nitrogens with one attached hydrogen (secondary N) is 1. The number of ether oxygens (including phenoxy) is 2. The lowest BCUT2D eigenvalue weighted by Crippen LogP contribution is -2.49. The van der Waals surface area contributed by atoms with E-state index >= 15 is 0 Å². The smallest absolute Gasteiger partial charge is 0.223 e. The van der Waals surface area contributed by atoms with E-state index in [2.05, 4.69) is 5.32 Å². The fourth-order valence-corrected chi connectivity index (χ4v) is 3.20. The molecule has 0 spiro atoms. The molecule has 1 saturated heterocycles. The summed E-state index contributed by atoms with van der Waals surface area (Å²) in [7, 11) is 1.62. The zero-order chi connectivity index (χ0) is 20.1. The Morgan fingerprint density at radius 3 is 2.25 bits per heavy atom. The van der Waals surface area contributed by atoms with Crippen molar-refractivity contribution in [3.05, 3.63) is 65.7 Å². The van der Waals surface area contributed by atoms with Gasteiger partial charge in [-0.05, 0) is 43.0 Å². The molecule has 5 nitrogen and oxygen atoms in total. The second-order valence-corrected chi connectivity index (χ2v) is 7.59. The first-order chi connectivity index (χ1) is 13.4. The van der Waals surface area contributed by atoms with E-state index in [-0.39, 0.29) is 17.6 Å². The molecule has 2 aromatic carbocycles. The van der Waals surface area contributed by atoms with E-state index in [4.69, 9.17) is 9.47 Å². The first kappa shape index (κ1) is 20.1. The van der Waals surface area contributed by atoms with Gasteiger partial charge in [-0.3, -0.25) is 9.59 Å². The van der Waals surface area contributed by atoms with Crippen molar-refractivity contribution in [2.75, 3.05) is 13.7 Å². The fraction of sp³-hybridized carbons (Fsp3) is 0.391. The quantitative estimate of drug-likeness (QED) is 0.678. The Labute approximate surface area is 166 Å². The zero-order valence-corrected chi connectivity index (χ0v) is 16.6. The molecule has 3 rings (SSSR count). The Kier molecular flexibility index (Phi) is 6.15. The van der Waals surface area contributed by atoms with Crippen LogP contribution in [0.4, 0.5) is 0 Å². The first-order valence-corrected chi connectivity index (χ1v) is 9.57. The van der Waals surface area contributed by atoms with Crippen LogP contribution in [0.5, 0.6) is 5.75 Å². The Hall–Kier alpha value is -2.66. The van der Waals surface area contributed by atoms with Crippen LogP contribution >= 0.6 is 0 Å². The second kappa shape index (κ2) is 8.57. The average molecular weight is 381 g/mol. The van der Waals surface area contributed by atoms with E-state index in [0.717, 1.165) is 16.9 Å². The molecular weight excluding hydrogens is 354 g/mol. The molecule has 1 N–H and O–H groups in total. The number of carbonyl (C=O) groups excluding carboxylic acids is 2. The summed E-state index contributed by atoms with van der Waals surface area (Å²) in [4.78, 5) is 25.7. The van der Waals surface area contributed by atoms with Crippen LogP contribution in [0, 0.1) is 5.92 Å². The number of carbonyl (C=O) groups is 2. The number of hydrogen-bond acceptors (Lipinski definition) is 4. The van der Waals surface area contributed by atoms with Gasteiger partial charge in [0.1, 0.15) is 11.4 Å². The van der Waals surface area contributed by atoms with Crippen molar-refractivity contribution in [2.24, 2.45) is 5.92 Å². The van der Waals surface area contributed by atoms with Crippen LogP contribution in [-0.4, -0.2) is 37.0 Å². The van der Waals surface area contributed by atoms with Crippen LogP contribution in [0.2, 0.25) is 0 Å². The number of epoxide rings is 1. The van der Waals surface area contributed by atoms with Gasteiger partial charge in [0.15, 0.2) is 5.78 Å². The lowest BCUT2D eigenvalue weighted by molar-refractivity contribution is -0.132. The van der Waals surface area contributed by atoms with Gasteiger partial charge in [-0.2, -0.15) is 0 Å². The first-order valence-electron chi connectivity index (χ1n) is 9.57. The minimum absolute atomic E-state index is 0.0682. The predicted molar refractivity (Wildman–Crippen MR) is 107 cm³/mol. The van der Waals surface area contributed by atoms with Gasteiger partial charge < -0.3 is 14.8 Å². The maximum Gasteiger partial charge on any atom is 0.223 e. The van der Waals surface area contributed by atoms with Crippen LogP contribution in [0.1, 0.15) is 25.0 Å². The van der Waals surface area contributed by atoms with Crippen LogP contribution in [0.15, 0.2) is 54.6 Å². The lowest BCUT2D eigenvalue weighted by Gasteiger charge is -2.22. The number of Topliss-reactive ketones (excluding diaryl/α,β-unsaturated/α-hetero) is 1. The molecule has 2 aromatic rings. The lowest BCUT2D eigenvalue weighted by atomic mass is 9.93. The molecule has 1 aliphatic rings. The average Bonchev–Trinajstić information content (AvgIpc) is 3.46. The number of ketones is 1. The van der Waals surface area contributed by atoms with Crippen LogP contribution in [0.3, 0.4) is 0 Å². The van der Waals surface area contributed by atoms with Gasteiger partial charge in [-0.25, -0.2) is 0 Å². The minimum atomic E-state index is -0.772. The monoisotopic (exact) mass is 381 g/mol. The zero-order valence-electron chi connectivity index (χ0n) is 16.6. The van der Waals surface area contributed by atoms with E-state index in [0.29, 0.717) is 19.4 Å². The standard InChI is InChI=1S/C23H27NO4/c1-16(13-18-9-11-19(27-3)12-10-18)22(26)24-20(21(25)23(2)15-28-23)14-17-7-5-4-6-8-17/h4-12,16,20H,13-15H2,1-3H3,(H,24,26)/t16-,20-,23+/m0/s1. The van der Waals surface area contributed by atoms with Crippen LogP contribution in [-0.2, 0) is 27.2 Å². The summed E-state index contributed by atoms with van der Waals surface area (Å²) in [6, 6.07) is 16.8. The highest BCUT2D eigenvalue weighted by Crippen LogP contribution is 2.29. The Morgan fingerprint density at radius 2 is 1.68 bits per heavy atom. The maximum atomic E-state index is 12.9. The number of rotatable bonds is 9. The molecule has 1 aliphatic heterocycles. The third kappa shape index (κ3) is 4.98. The van der Waals surface area contributed by atoms with Gasteiger partial charge in [0, 0.05) is 5.92 Å². The number of benzene rings is 2. The highest BCUT2D eigenvalue weighted by atomic mass is 16.6. The Bertz CT molecular complexity index is 812. The number of methoxy groups -OCH3 is 1. The van der Waals surface area contributed by atoms with E-state index in [1.54, 1.807) is 14.0 Å². The number of amides is 1. The van der Waals surface area contributed by atoms with Crippen molar-refractivity contribution >= 4 is 11.7 Å². The molecule has 0 aliphatic carbocycles. The van der Waals surface area contributed by atoms with Gasteiger partial charge in [0.25, 0.3) is 0 Å². The SMILES string of the molecule is COc1ccc(C[C@H](C)C(=O)N[C@@H](Cc2ccccc2)C(=O)[C@@]2(C)CO2)cc1. The molecule has 28 heavy (non-hydrogen) atoms. The summed E-state index contributed by atoms with van der Waals surface area (Å²) in [5.41, 5.74) is 1.28. The van der Waals surface area contributed by atoms with E-state index in [1.807, 2.05) is 61.5 Å². The largest absolute Gasteiger partial charge is 0.497 e. The van der Waals surface area contributed by atoms with E-state index in [1.165, 1.54) is 0 Å². The summed E-state index contributed by atoms with van der Waals surface area (Å²) < 4.78 is 10.5. The van der Waals surface area contributed by atoms with E-state index in [9.17, 15) is 9.59 Å². The topological polar surface area (TPSA) is 67.9 Å². The summed E-state index contributed by atoms with van der Waals surface area (Å²) in [5, 5.41) is 2.96. The van der Waals surface area contributed by atoms with Crippen molar-refractivity contribution in [1.82, 2.24) is 5.32 Å². The molecular formula is C23H27NO4. The summed E-state index contributed by atoms with van der Waals surface area (Å²) in [6.45, 7) is 4.06. The normalized spacial score (nSPS) is 20.1. The summed E-state index contributed by atoms with van der Waals surface area (Å²) in [5.74, 6) is 0.329. The predicted octanol–water partition coefficient (Wildman–Crippen LogP) is 2.96.